The predicted molar refractivity (Wildman–Crippen MR) is 49.9 cm³/mol. The zero-order valence-corrected chi connectivity index (χ0v) is 8.15. The van der Waals surface area contributed by atoms with Gasteiger partial charge in [0.2, 0.25) is 0 Å². The largest absolute Gasteiger partial charge is 0.478 e. The summed E-state index contributed by atoms with van der Waals surface area (Å²) in [5.74, 6) is -0.630. The van der Waals surface area contributed by atoms with Crippen LogP contribution in [0.3, 0.4) is 0 Å². The quantitative estimate of drug-likeness (QED) is 0.347. The van der Waals surface area contributed by atoms with Gasteiger partial charge in [0.05, 0.1) is 5.56 Å². The van der Waals surface area contributed by atoms with Gasteiger partial charge in [-0.25, -0.2) is 4.79 Å². The molecule has 6 heteroatoms. The molecule has 0 spiro atoms. The third-order valence-corrected chi connectivity index (χ3v) is 1.64. The highest BCUT2D eigenvalue weighted by molar-refractivity contribution is 7.74. The van der Waals surface area contributed by atoms with Crippen LogP contribution in [0.2, 0.25) is 0 Å². The maximum atomic E-state index is 10.6. The van der Waals surface area contributed by atoms with Gasteiger partial charge in [-0.2, -0.15) is 0 Å². The van der Waals surface area contributed by atoms with E-state index in [-0.39, 0.29) is 5.56 Å². The molecule has 0 bridgehead atoms. The highest BCUT2D eigenvalue weighted by Gasteiger charge is 2.06. The Morgan fingerprint density at radius 3 is 2.71 bits per heavy atom. The molecule has 0 unspecified atom stereocenters. The van der Waals surface area contributed by atoms with Gasteiger partial charge in [-0.1, -0.05) is 0 Å². The summed E-state index contributed by atoms with van der Waals surface area (Å²) >= 11 is 3.30. The van der Waals surface area contributed by atoms with Gasteiger partial charge >= 0.3 is 5.97 Å². The van der Waals surface area contributed by atoms with Crippen molar-refractivity contribution in [3.05, 3.63) is 29.3 Å². The van der Waals surface area contributed by atoms with Crippen LogP contribution in [0.1, 0.15) is 15.9 Å². The first-order chi connectivity index (χ1) is 6.65. The molecule has 1 aromatic carbocycles. The summed E-state index contributed by atoms with van der Waals surface area (Å²) < 4.78 is 3.93. The maximum Gasteiger partial charge on any atom is 0.335 e. The standard InChI is InChI=1S/C8H8O5S/c1-5-4-6(8(9)10)2-3-7(5)11-12-13-14/h2-4,14H,1H3,(H,9,10). The highest BCUT2D eigenvalue weighted by Crippen LogP contribution is 2.19. The van der Waals surface area contributed by atoms with Crippen LogP contribution in [0.4, 0.5) is 0 Å². The number of hydrogen-bond donors (Lipinski definition) is 2. The number of benzene rings is 1. The summed E-state index contributed by atoms with van der Waals surface area (Å²) in [7, 11) is 0. The second-order valence-corrected chi connectivity index (χ2v) is 2.66. The van der Waals surface area contributed by atoms with Gasteiger partial charge in [-0.3, -0.25) is 0 Å². The van der Waals surface area contributed by atoms with E-state index < -0.39 is 5.97 Å². The van der Waals surface area contributed by atoms with Crippen molar-refractivity contribution in [3.63, 3.8) is 0 Å². The average molecular weight is 216 g/mol. The zero-order chi connectivity index (χ0) is 10.6. The van der Waals surface area contributed by atoms with Crippen molar-refractivity contribution in [1.29, 1.82) is 0 Å². The van der Waals surface area contributed by atoms with E-state index in [0.717, 1.165) is 0 Å². The Morgan fingerprint density at radius 1 is 1.50 bits per heavy atom. The number of aromatic carboxylic acids is 1. The number of aryl methyl sites for hydroxylation is 1. The van der Waals surface area contributed by atoms with Gasteiger partial charge < -0.3 is 9.99 Å². The van der Waals surface area contributed by atoms with Crippen LogP contribution in [0.15, 0.2) is 18.2 Å². The van der Waals surface area contributed by atoms with E-state index >= 15 is 0 Å². The minimum atomic E-state index is -0.994. The third-order valence-electron chi connectivity index (χ3n) is 1.58. The fraction of sp³-hybridized carbons (Fsp3) is 0.125. The summed E-state index contributed by atoms with van der Waals surface area (Å²) in [5.41, 5.74) is 0.803. The Morgan fingerprint density at radius 2 is 2.21 bits per heavy atom. The van der Waals surface area contributed by atoms with Crippen molar-refractivity contribution in [3.8, 4) is 5.75 Å². The molecule has 0 fully saturated rings. The van der Waals surface area contributed by atoms with E-state index in [9.17, 15) is 4.79 Å². The fourth-order valence-electron chi connectivity index (χ4n) is 0.928. The zero-order valence-electron chi connectivity index (χ0n) is 7.26. The van der Waals surface area contributed by atoms with Crippen molar-refractivity contribution in [2.45, 2.75) is 6.92 Å². The summed E-state index contributed by atoms with van der Waals surface area (Å²) in [6.45, 7) is 1.68. The van der Waals surface area contributed by atoms with Crippen molar-refractivity contribution < 1.29 is 24.2 Å². The highest BCUT2D eigenvalue weighted by atomic mass is 32.1. The second-order valence-electron chi connectivity index (χ2n) is 2.51. The van der Waals surface area contributed by atoms with Crippen LogP contribution in [0.25, 0.3) is 0 Å². The van der Waals surface area contributed by atoms with E-state index in [1.165, 1.54) is 18.2 Å². The van der Waals surface area contributed by atoms with Crippen LogP contribution >= 0.6 is 12.9 Å². The van der Waals surface area contributed by atoms with E-state index in [4.69, 9.17) is 5.11 Å². The fourth-order valence-corrected chi connectivity index (χ4v) is 0.958. The van der Waals surface area contributed by atoms with Gasteiger partial charge in [0.1, 0.15) is 0 Å². The number of carboxylic acid groups (broad SMARTS) is 1. The van der Waals surface area contributed by atoms with E-state index in [1.807, 2.05) is 0 Å². The number of rotatable bonds is 4. The smallest absolute Gasteiger partial charge is 0.335 e. The molecule has 76 valence electrons. The topological polar surface area (TPSA) is 65.0 Å². The third kappa shape index (κ3) is 2.63. The monoisotopic (exact) mass is 216 g/mol. The Kier molecular flexibility index (Phi) is 3.75. The molecule has 1 N–H and O–H groups in total. The molecule has 0 aliphatic rings. The minimum Gasteiger partial charge on any atom is -0.478 e. The summed E-state index contributed by atoms with van der Waals surface area (Å²) in [4.78, 5) is 15.2. The molecule has 1 rings (SSSR count). The molecule has 5 nitrogen and oxygen atoms in total. The molecular weight excluding hydrogens is 208 g/mol. The second kappa shape index (κ2) is 4.85. The van der Waals surface area contributed by atoms with Crippen molar-refractivity contribution >= 4 is 18.9 Å². The van der Waals surface area contributed by atoms with Crippen LogP contribution in [0.5, 0.6) is 5.75 Å². The van der Waals surface area contributed by atoms with E-state index in [1.54, 1.807) is 6.92 Å². The Hall–Kier alpha value is -1.24. The van der Waals surface area contributed by atoms with Crippen LogP contribution in [-0.2, 0) is 9.37 Å². The van der Waals surface area contributed by atoms with E-state index in [2.05, 4.69) is 27.2 Å². The lowest BCUT2D eigenvalue weighted by atomic mass is 10.1. The lowest BCUT2D eigenvalue weighted by molar-refractivity contribution is -0.402. The molecule has 0 heterocycles. The molecule has 0 aromatic heterocycles. The summed E-state index contributed by atoms with van der Waals surface area (Å²) in [6, 6.07) is 4.32. The molecule has 0 atom stereocenters. The molecular formula is C8H8O5S. The summed E-state index contributed by atoms with van der Waals surface area (Å²) in [5, 5.41) is 12.8. The van der Waals surface area contributed by atoms with Crippen LogP contribution < -0.4 is 4.89 Å². The Labute approximate surface area is 85.7 Å². The van der Waals surface area contributed by atoms with E-state index in [0.29, 0.717) is 11.3 Å². The van der Waals surface area contributed by atoms with Crippen molar-refractivity contribution in [1.82, 2.24) is 0 Å². The molecule has 0 saturated heterocycles. The Bertz CT molecular complexity index is 339. The Balaban J connectivity index is 2.84. The number of carbonyl (C=O) groups is 1. The van der Waals surface area contributed by atoms with Gasteiger partial charge in [0.15, 0.2) is 5.75 Å². The number of hydrogen-bond acceptors (Lipinski definition) is 5. The summed E-state index contributed by atoms with van der Waals surface area (Å²) in [6.07, 6.45) is 0. The van der Waals surface area contributed by atoms with Gasteiger partial charge in [0.25, 0.3) is 0 Å². The normalized spacial score (nSPS) is 9.86. The number of carboxylic acids is 1. The van der Waals surface area contributed by atoms with Gasteiger partial charge in [-0.05, 0) is 35.7 Å². The van der Waals surface area contributed by atoms with Crippen molar-refractivity contribution in [2.24, 2.45) is 0 Å². The predicted octanol–water partition coefficient (Wildman–Crippen LogP) is 1.78. The number of thiol groups is 1. The molecule has 0 amide bonds. The average Bonchev–Trinajstić information content (AvgIpc) is 2.15. The van der Waals surface area contributed by atoms with Gasteiger partial charge in [0, 0.05) is 12.9 Å². The minimum absolute atomic E-state index is 0.182. The van der Waals surface area contributed by atoms with Crippen LogP contribution in [0, 0.1) is 6.92 Å². The molecule has 0 aliphatic heterocycles. The molecule has 14 heavy (non-hydrogen) atoms. The molecule has 0 aliphatic carbocycles. The maximum absolute atomic E-state index is 10.6. The first-order valence-corrected chi connectivity index (χ1v) is 4.00. The lowest BCUT2D eigenvalue weighted by Crippen LogP contribution is -1.99. The molecule has 0 saturated carbocycles. The first kappa shape index (κ1) is 10.8. The van der Waals surface area contributed by atoms with Gasteiger partial charge in [-0.15, -0.1) is 4.33 Å². The molecule has 1 aromatic rings. The van der Waals surface area contributed by atoms with Crippen LogP contribution in [-0.4, -0.2) is 11.1 Å². The van der Waals surface area contributed by atoms with Crippen molar-refractivity contribution in [2.75, 3.05) is 0 Å². The molecule has 0 radical (unpaired) electrons. The first-order valence-electron chi connectivity index (χ1n) is 3.64. The lowest BCUT2D eigenvalue weighted by Gasteiger charge is -2.04. The SMILES string of the molecule is Cc1cc(C(=O)O)ccc1OOOS.